The third-order valence-electron chi connectivity index (χ3n) is 3.70. The number of amides is 2. The van der Waals surface area contributed by atoms with Gasteiger partial charge in [0.1, 0.15) is 0 Å². The Hall–Kier alpha value is -1.30. The molecule has 1 aliphatic rings. The molecule has 1 saturated heterocycles. The molecule has 2 amide bonds. The molecule has 6 heteroatoms. The van der Waals surface area contributed by atoms with Gasteiger partial charge in [0.2, 0.25) is 0 Å². The maximum atomic E-state index is 12.0. The topological polar surface area (TPSA) is 64.1 Å². The van der Waals surface area contributed by atoms with Gasteiger partial charge >= 0.3 is 12.0 Å². The van der Waals surface area contributed by atoms with Crippen LogP contribution in [0.5, 0.6) is 0 Å². The van der Waals surface area contributed by atoms with Crippen LogP contribution in [0.25, 0.3) is 0 Å². The summed E-state index contributed by atoms with van der Waals surface area (Å²) in [6.45, 7) is 4.51. The van der Waals surface area contributed by atoms with E-state index in [0.717, 1.165) is 19.5 Å². The van der Waals surface area contributed by atoms with Crippen molar-refractivity contribution >= 4 is 12.0 Å². The quantitative estimate of drug-likeness (QED) is 0.770. The van der Waals surface area contributed by atoms with E-state index in [9.17, 15) is 9.59 Å². The number of hydrogen-bond acceptors (Lipinski definition) is 3. The van der Waals surface area contributed by atoms with Crippen molar-refractivity contribution in [2.45, 2.75) is 13.3 Å². The standard InChI is InChI=1S/C13H25N3O3/c1-10(12(17)18)11-8-16(9-11)13(19)15(4)7-5-6-14(2)3/h10-11H,5-9H2,1-4H3,(H,17,18). The minimum atomic E-state index is -0.781. The lowest BCUT2D eigenvalue weighted by Crippen LogP contribution is -2.56. The molecule has 0 saturated carbocycles. The molecule has 1 rings (SSSR count). The Morgan fingerprint density at radius 3 is 2.32 bits per heavy atom. The number of carbonyl (C=O) groups excluding carboxylic acids is 1. The van der Waals surface area contributed by atoms with E-state index in [2.05, 4.69) is 4.90 Å². The zero-order valence-corrected chi connectivity index (χ0v) is 12.3. The first-order valence-electron chi connectivity index (χ1n) is 6.70. The van der Waals surface area contributed by atoms with Crippen LogP contribution in [0.1, 0.15) is 13.3 Å². The third kappa shape index (κ3) is 4.38. The second kappa shape index (κ2) is 6.75. The maximum absolute atomic E-state index is 12.0. The van der Waals surface area contributed by atoms with Gasteiger partial charge in [-0.2, -0.15) is 0 Å². The fraction of sp³-hybridized carbons (Fsp3) is 0.846. The summed E-state index contributed by atoms with van der Waals surface area (Å²) in [7, 11) is 5.82. The summed E-state index contributed by atoms with van der Waals surface area (Å²) < 4.78 is 0. The van der Waals surface area contributed by atoms with Crippen molar-refractivity contribution in [1.29, 1.82) is 0 Å². The molecule has 110 valence electrons. The highest BCUT2D eigenvalue weighted by atomic mass is 16.4. The van der Waals surface area contributed by atoms with Gasteiger partial charge in [-0.15, -0.1) is 0 Å². The van der Waals surface area contributed by atoms with E-state index < -0.39 is 5.97 Å². The van der Waals surface area contributed by atoms with Crippen LogP contribution >= 0.6 is 0 Å². The molecule has 6 nitrogen and oxygen atoms in total. The second-order valence-electron chi connectivity index (χ2n) is 5.65. The van der Waals surface area contributed by atoms with E-state index in [1.807, 2.05) is 14.1 Å². The molecule has 0 aromatic carbocycles. The fourth-order valence-electron chi connectivity index (χ4n) is 2.15. The Morgan fingerprint density at radius 1 is 1.26 bits per heavy atom. The van der Waals surface area contributed by atoms with Gasteiger partial charge in [-0.1, -0.05) is 6.92 Å². The van der Waals surface area contributed by atoms with Gasteiger partial charge in [-0.05, 0) is 27.1 Å². The SMILES string of the molecule is CC(C(=O)O)C1CN(C(=O)N(C)CCCN(C)C)C1. The zero-order chi connectivity index (χ0) is 14.6. The number of urea groups is 1. The lowest BCUT2D eigenvalue weighted by atomic mass is 9.87. The van der Waals surface area contributed by atoms with Crippen LogP contribution in [-0.4, -0.2) is 79.1 Å². The van der Waals surface area contributed by atoms with Crippen LogP contribution in [0.4, 0.5) is 4.79 Å². The largest absolute Gasteiger partial charge is 0.481 e. The van der Waals surface area contributed by atoms with E-state index in [4.69, 9.17) is 5.11 Å². The molecule has 0 aromatic rings. The van der Waals surface area contributed by atoms with E-state index in [1.165, 1.54) is 0 Å². The minimum absolute atomic E-state index is 0.00703. The van der Waals surface area contributed by atoms with Crippen LogP contribution in [0.3, 0.4) is 0 Å². The molecule has 0 spiro atoms. The van der Waals surface area contributed by atoms with Gasteiger partial charge in [0.15, 0.2) is 0 Å². The lowest BCUT2D eigenvalue weighted by molar-refractivity contribution is -0.144. The average molecular weight is 271 g/mol. The predicted octanol–water partition coefficient (Wildman–Crippen LogP) is 0.642. The van der Waals surface area contributed by atoms with Gasteiger partial charge in [-0.3, -0.25) is 4.79 Å². The number of rotatable bonds is 6. The van der Waals surface area contributed by atoms with Crippen molar-refractivity contribution < 1.29 is 14.7 Å². The molecule has 0 aliphatic carbocycles. The molecule has 19 heavy (non-hydrogen) atoms. The molecule has 0 aromatic heterocycles. The van der Waals surface area contributed by atoms with Crippen molar-refractivity contribution in [3.63, 3.8) is 0 Å². The van der Waals surface area contributed by atoms with Crippen molar-refractivity contribution in [1.82, 2.24) is 14.7 Å². The first-order chi connectivity index (χ1) is 8.82. The zero-order valence-electron chi connectivity index (χ0n) is 12.3. The van der Waals surface area contributed by atoms with Gasteiger partial charge in [-0.25, -0.2) is 4.79 Å². The average Bonchev–Trinajstić information content (AvgIpc) is 2.25. The molecule has 1 aliphatic heterocycles. The summed E-state index contributed by atoms with van der Waals surface area (Å²) in [4.78, 5) is 28.4. The normalized spacial score (nSPS) is 17.2. The number of likely N-dealkylation sites (tertiary alicyclic amines) is 1. The predicted molar refractivity (Wildman–Crippen MR) is 73.1 cm³/mol. The second-order valence-corrected chi connectivity index (χ2v) is 5.65. The third-order valence-corrected chi connectivity index (χ3v) is 3.70. The Labute approximate surface area is 115 Å². The molecule has 1 atom stereocenters. The smallest absolute Gasteiger partial charge is 0.319 e. The number of hydrogen-bond donors (Lipinski definition) is 1. The Morgan fingerprint density at radius 2 is 1.84 bits per heavy atom. The summed E-state index contributed by atoms with van der Waals surface area (Å²) >= 11 is 0. The minimum Gasteiger partial charge on any atom is -0.481 e. The Bertz CT molecular complexity index is 327. The highest BCUT2D eigenvalue weighted by Gasteiger charge is 2.37. The maximum Gasteiger partial charge on any atom is 0.319 e. The Balaban J connectivity index is 2.27. The molecule has 1 fully saturated rings. The number of carboxylic acids is 1. The highest BCUT2D eigenvalue weighted by Crippen LogP contribution is 2.24. The number of carboxylic acid groups (broad SMARTS) is 1. The van der Waals surface area contributed by atoms with Crippen molar-refractivity contribution in [3.05, 3.63) is 0 Å². The number of nitrogens with zero attached hydrogens (tertiary/aromatic N) is 3. The van der Waals surface area contributed by atoms with E-state index in [-0.39, 0.29) is 17.9 Å². The highest BCUT2D eigenvalue weighted by molar-refractivity contribution is 5.76. The van der Waals surface area contributed by atoms with Gasteiger partial charge in [0.25, 0.3) is 0 Å². The lowest BCUT2D eigenvalue weighted by Gasteiger charge is -2.42. The monoisotopic (exact) mass is 271 g/mol. The first-order valence-corrected chi connectivity index (χ1v) is 6.70. The molecular formula is C13H25N3O3. The summed E-state index contributed by atoms with van der Waals surface area (Å²) in [6, 6.07) is 0.00703. The summed E-state index contributed by atoms with van der Waals surface area (Å²) in [5.41, 5.74) is 0. The molecule has 1 heterocycles. The van der Waals surface area contributed by atoms with Crippen LogP contribution < -0.4 is 0 Å². The number of carbonyl (C=O) groups is 2. The summed E-state index contributed by atoms with van der Waals surface area (Å²) in [5, 5.41) is 8.90. The van der Waals surface area contributed by atoms with Crippen molar-refractivity contribution in [2.75, 3.05) is 47.3 Å². The van der Waals surface area contributed by atoms with Gasteiger partial charge < -0.3 is 19.8 Å². The van der Waals surface area contributed by atoms with E-state index >= 15 is 0 Å². The van der Waals surface area contributed by atoms with Gasteiger partial charge in [0, 0.05) is 32.6 Å². The van der Waals surface area contributed by atoms with E-state index in [1.54, 1.807) is 23.8 Å². The molecule has 1 unspecified atom stereocenters. The van der Waals surface area contributed by atoms with Gasteiger partial charge in [0.05, 0.1) is 5.92 Å². The summed E-state index contributed by atoms with van der Waals surface area (Å²) in [6.07, 6.45) is 0.942. The van der Waals surface area contributed by atoms with Crippen LogP contribution in [0, 0.1) is 11.8 Å². The summed E-state index contributed by atoms with van der Waals surface area (Å²) in [5.74, 6) is -1.06. The Kier molecular flexibility index (Phi) is 5.60. The van der Waals surface area contributed by atoms with Crippen molar-refractivity contribution in [2.24, 2.45) is 11.8 Å². The fourth-order valence-corrected chi connectivity index (χ4v) is 2.15. The van der Waals surface area contributed by atoms with Crippen LogP contribution in [0.2, 0.25) is 0 Å². The molecule has 0 radical (unpaired) electrons. The first kappa shape index (κ1) is 15.8. The van der Waals surface area contributed by atoms with Crippen molar-refractivity contribution in [3.8, 4) is 0 Å². The van der Waals surface area contributed by atoms with E-state index in [0.29, 0.717) is 13.1 Å². The molecule has 0 bridgehead atoms. The van der Waals surface area contributed by atoms with Crippen LogP contribution in [0.15, 0.2) is 0 Å². The number of aliphatic carboxylic acids is 1. The molecular weight excluding hydrogens is 246 g/mol. The van der Waals surface area contributed by atoms with Crippen LogP contribution in [-0.2, 0) is 4.79 Å². The molecule has 1 N–H and O–H groups in total.